The van der Waals surface area contributed by atoms with Gasteiger partial charge in [-0.2, -0.15) is 19.5 Å². The summed E-state index contributed by atoms with van der Waals surface area (Å²) >= 11 is 0. The number of nitrogens with two attached hydrogens (primary N) is 1. The van der Waals surface area contributed by atoms with Gasteiger partial charge in [-0.05, 0) is 12.1 Å². The van der Waals surface area contributed by atoms with Gasteiger partial charge in [0.25, 0.3) is 5.78 Å². The third-order valence-electron chi connectivity index (χ3n) is 3.26. The monoisotopic (exact) mass is 287 g/mol. The lowest BCUT2D eigenvalue weighted by Crippen LogP contribution is -2.37. The quantitative estimate of drug-likeness (QED) is 0.712. The van der Waals surface area contributed by atoms with Crippen molar-refractivity contribution >= 4 is 17.7 Å². The van der Waals surface area contributed by atoms with Gasteiger partial charge in [-0.15, -0.1) is 5.10 Å². The first kappa shape index (κ1) is 12.1. The van der Waals surface area contributed by atoms with E-state index in [-0.39, 0.29) is 5.95 Å². The van der Waals surface area contributed by atoms with E-state index in [9.17, 15) is 0 Å². The summed E-state index contributed by atoms with van der Waals surface area (Å²) in [6.45, 7) is 2.77. The second kappa shape index (κ2) is 4.70. The second-order valence-electron chi connectivity index (χ2n) is 4.61. The van der Waals surface area contributed by atoms with Crippen LogP contribution in [0.4, 0.5) is 11.9 Å². The molecule has 1 aliphatic rings. The number of furan rings is 1. The molecule has 4 heterocycles. The molecule has 0 unspecified atom stereocenters. The Hall–Kier alpha value is -2.68. The van der Waals surface area contributed by atoms with Crippen molar-refractivity contribution < 1.29 is 9.15 Å². The molecule has 0 spiro atoms. The van der Waals surface area contributed by atoms with Crippen LogP contribution in [-0.4, -0.2) is 50.9 Å². The van der Waals surface area contributed by atoms with E-state index in [1.54, 1.807) is 18.4 Å². The highest BCUT2D eigenvalue weighted by Gasteiger charge is 2.18. The summed E-state index contributed by atoms with van der Waals surface area (Å²) in [5.74, 6) is 2.18. The normalized spacial score (nSPS) is 15.7. The van der Waals surface area contributed by atoms with Gasteiger partial charge >= 0.3 is 0 Å². The number of anilines is 2. The Kier molecular flexibility index (Phi) is 2.71. The van der Waals surface area contributed by atoms with Crippen molar-refractivity contribution in [3.8, 4) is 11.6 Å². The number of rotatable bonds is 2. The number of fused-ring (bicyclic) bond motifs is 1. The molecule has 0 atom stereocenters. The van der Waals surface area contributed by atoms with Gasteiger partial charge in [-0.25, -0.2) is 0 Å². The fourth-order valence-electron chi connectivity index (χ4n) is 2.21. The molecule has 0 aromatic carbocycles. The molecule has 3 aromatic rings. The van der Waals surface area contributed by atoms with Crippen LogP contribution in [0, 0.1) is 0 Å². The van der Waals surface area contributed by atoms with Crippen LogP contribution in [-0.2, 0) is 4.74 Å². The zero-order valence-corrected chi connectivity index (χ0v) is 11.1. The van der Waals surface area contributed by atoms with Crippen molar-refractivity contribution in [1.82, 2.24) is 24.6 Å². The maximum Gasteiger partial charge on any atom is 0.259 e. The van der Waals surface area contributed by atoms with E-state index in [0.29, 0.717) is 36.5 Å². The van der Waals surface area contributed by atoms with E-state index < -0.39 is 0 Å². The minimum Gasteiger partial charge on any atom is -0.461 e. The number of nitrogens with zero attached hydrogens (tertiary/aromatic N) is 6. The highest BCUT2D eigenvalue weighted by atomic mass is 16.5. The van der Waals surface area contributed by atoms with Crippen molar-refractivity contribution in [2.45, 2.75) is 0 Å². The first-order valence-corrected chi connectivity index (χ1v) is 6.58. The van der Waals surface area contributed by atoms with Crippen LogP contribution < -0.4 is 10.6 Å². The minimum absolute atomic E-state index is 0.242. The van der Waals surface area contributed by atoms with Crippen molar-refractivity contribution in [2.75, 3.05) is 36.9 Å². The number of aromatic nitrogens is 5. The van der Waals surface area contributed by atoms with Crippen LogP contribution in [0.2, 0.25) is 0 Å². The fourth-order valence-corrected chi connectivity index (χ4v) is 2.21. The van der Waals surface area contributed by atoms with Crippen LogP contribution >= 0.6 is 0 Å². The Morgan fingerprint density at radius 2 is 2.00 bits per heavy atom. The Bertz CT molecular complexity index is 761. The molecule has 0 amide bonds. The molecule has 0 aliphatic carbocycles. The topological polar surface area (TPSA) is 108 Å². The molecule has 4 rings (SSSR count). The van der Waals surface area contributed by atoms with Gasteiger partial charge in [0.2, 0.25) is 17.7 Å². The zero-order chi connectivity index (χ0) is 14.2. The van der Waals surface area contributed by atoms with Crippen LogP contribution in [0.15, 0.2) is 22.8 Å². The lowest BCUT2D eigenvalue weighted by Gasteiger charge is -2.26. The summed E-state index contributed by atoms with van der Waals surface area (Å²) < 4.78 is 12.0. The summed E-state index contributed by atoms with van der Waals surface area (Å²) in [5.41, 5.74) is 5.95. The van der Waals surface area contributed by atoms with Gasteiger partial charge in [-0.3, -0.25) is 0 Å². The molecule has 1 saturated heterocycles. The lowest BCUT2D eigenvalue weighted by atomic mass is 10.4. The molecular formula is C12H13N7O2. The largest absolute Gasteiger partial charge is 0.461 e. The molecule has 9 nitrogen and oxygen atoms in total. The molecule has 2 N–H and O–H groups in total. The molecule has 0 bridgehead atoms. The van der Waals surface area contributed by atoms with Gasteiger partial charge in [0.1, 0.15) is 0 Å². The zero-order valence-electron chi connectivity index (χ0n) is 11.1. The summed E-state index contributed by atoms with van der Waals surface area (Å²) in [7, 11) is 0. The molecule has 108 valence electrons. The standard InChI is InChI=1S/C12H13N7O2/c13-10-15-11(18-3-6-20-7-4-18)16-12-14-9(17-19(10)12)8-2-1-5-21-8/h1-2,5H,3-4,6-7H2,(H2,13,14,15,16,17). The highest BCUT2D eigenvalue weighted by molar-refractivity contribution is 5.53. The molecule has 21 heavy (non-hydrogen) atoms. The van der Waals surface area contributed by atoms with E-state index in [1.165, 1.54) is 4.52 Å². The summed E-state index contributed by atoms with van der Waals surface area (Å²) in [6.07, 6.45) is 1.56. The van der Waals surface area contributed by atoms with Gasteiger partial charge < -0.3 is 19.8 Å². The van der Waals surface area contributed by atoms with E-state index in [4.69, 9.17) is 14.9 Å². The lowest BCUT2D eigenvalue weighted by molar-refractivity contribution is 0.122. The Morgan fingerprint density at radius 3 is 2.76 bits per heavy atom. The van der Waals surface area contributed by atoms with Crippen LogP contribution in [0.1, 0.15) is 0 Å². The molecular weight excluding hydrogens is 274 g/mol. The molecule has 3 aromatic heterocycles. The highest BCUT2D eigenvalue weighted by Crippen LogP contribution is 2.19. The number of ether oxygens (including phenoxy) is 1. The molecule has 9 heteroatoms. The van der Waals surface area contributed by atoms with Gasteiger partial charge in [0.05, 0.1) is 19.5 Å². The van der Waals surface area contributed by atoms with Crippen LogP contribution in [0.25, 0.3) is 17.4 Å². The Labute approximate surface area is 119 Å². The molecule has 0 radical (unpaired) electrons. The van der Waals surface area contributed by atoms with Crippen LogP contribution in [0.3, 0.4) is 0 Å². The summed E-state index contributed by atoms with van der Waals surface area (Å²) in [6, 6.07) is 3.55. The van der Waals surface area contributed by atoms with Crippen LogP contribution in [0.5, 0.6) is 0 Å². The Balaban J connectivity index is 1.78. The number of morpholine rings is 1. The first-order valence-electron chi connectivity index (χ1n) is 6.58. The summed E-state index contributed by atoms with van der Waals surface area (Å²) in [4.78, 5) is 15.1. The molecule has 1 fully saturated rings. The molecule has 1 aliphatic heterocycles. The van der Waals surface area contributed by atoms with Crippen molar-refractivity contribution in [3.63, 3.8) is 0 Å². The first-order chi connectivity index (χ1) is 10.3. The van der Waals surface area contributed by atoms with Gasteiger partial charge in [-0.1, -0.05) is 0 Å². The van der Waals surface area contributed by atoms with Crippen molar-refractivity contribution in [2.24, 2.45) is 0 Å². The average Bonchev–Trinajstić information content (AvgIpc) is 3.17. The average molecular weight is 287 g/mol. The van der Waals surface area contributed by atoms with E-state index in [2.05, 4.69) is 20.1 Å². The van der Waals surface area contributed by atoms with E-state index in [0.717, 1.165) is 13.1 Å². The third kappa shape index (κ3) is 2.07. The molecule has 0 saturated carbocycles. The maximum absolute atomic E-state index is 5.95. The number of hydrogen-bond acceptors (Lipinski definition) is 8. The smallest absolute Gasteiger partial charge is 0.259 e. The minimum atomic E-state index is 0.242. The number of hydrogen-bond donors (Lipinski definition) is 1. The van der Waals surface area contributed by atoms with Crippen molar-refractivity contribution in [1.29, 1.82) is 0 Å². The predicted molar refractivity (Wildman–Crippen MR) is 73.7 cm³/mol. The predicted octanol–water partition coefficient (Wildman–Crippen LogP) is 0.198. The Morgan fingerprint density at radius 1 is 1.14 bits per heavy atom. The van der Waals surface area contributed by atoms with E-state index in [1.807, 2.05) is 4.90 Å². The maximum atomic E-state index is 5.95. The number of nitrogen functional groups attached to an aromatic ring is 1. The SMILES string of the molecule is Nc1nc(N2CCOCC2)nc2nc(-c3ccco3)nn12. The summed E-state index contributed by atoms with van der Waals surface area (Å²) in [5, 5.41) is 4.26. The fraction of sp³-hybridized carbons (Fsp3) is 0.333. The second-order valence-corrected chi connectivity index (χ2v) is 4.61. The third-order valence-corrected chi connectivity index (χ3v) is 3.26. The van der Waals surface area contributed by atoms with Crippen molar-refractivity contribution in [3.05, 3.63) is 18.4 Å². The van der Waals surface area contributed by atoms with E-state index >= 15 is 0 Å². The van der Waals surface area contributed by atoms with Gasteiger partial charge in [0.15, 0.2) is 5.76 Å². The van der Waals surface area contributed by atoms with Gasteiger partial charge in [0, 0.05) is 13.1 Å².